The molecule has 0 bridgehead atoms. The highest BCUT2D eigenvalue weighted by molar-refractivity contribution is 6.31. The molecule has 0 amide bonds. The molecule has 5 rings (SSSR count). The van der Waals surface area contributed by atoms with Crippen molar-refractivity contribution >= 4 is 23.3 Å². The van der Waals surface area contributed by atoms with Crippen LogP contribution < -0.4 is 4.90 Å². The largest absolute Gasteiger partial charge is 0.457 e. The summed E-state index contributed by atoms with van der Waals surface area (Å²) in [5, 5.41) is 5.84. The van der Waals surface area contributed by atoms with E-state index < -0.39 is 29.5 Å². The number of fused-ring (bicyclic) bond motifs is 1. The first-order valence-electron chi connectivity index (χ1n) is 13.3. The van der Waals surface area contributed by atoms with E-state index in [-0.39, 0.29) is 0 Å². The lowest BCUT2D eigenvalue weighted by molar-refractivity contribution is -0.141. The second-order valence-electron chi connectivity index (χ2n) is 10.8. The number of alkyl halides is 3. The summed E-state index contributed by atoms with van der Waals surface area (Å²) in [6, 6.07) is 12.4. The minimum atomic E-state index is -4.72. The van der Waals surface area contributed by atoms with Gasteiger partial charge in [-0.3, -0.25) is 10.00 Å². The fourth-order valence-corrected chi connectivity index (χ4v) is 5.75. The zero-order valence-corrected chi connectivity index (χ0v) is 22.8. The molecule has 10 heteroatoms. The molecule has 0 aliphatic carbocycles. The van der Waals surface area contributed by atoms with E-state index in [9.17, 15) is 18.0 Å². The molecule has 3 aromatic rings. The summed E-state index contributed by atoms with van der Waals surface area (Å²) in [4.78, 5) is 17.2. The number of halogens is 4. The number of hydrogen-bond acceptors (Lipinski definition) is 5. The number of anilines is 1. The van der Waals surface area contributed by atoms with Gasteiger partial charge in [0.25, 0.3) is 0 Å². The van der Waals surface area contributed by atoms with Gasteiger partial charge in [-0.15, -0.1) is 0 Å². The van der Waals surface area contributed by atoms with Crippen molar-refractivity contribution in [3.8, 4) is 11.1 Å². The van der Waals surface area contributed by atoms with Crippen LogP contribution in [0.3, 0.4) is 0 Å². The van der Waals surface area contributed by atoms with Gasteiger partial charge in [-0.25, -0.2) is 4.79 Å². The predicted octanol–water partition coefficient (Wildman–Crippen LogP) is 6.59. The van der Waals surface area contributed by atoms with Crippen molar-refractivity contribution in [1.82, 2.24) is 15.1 Å². The van der Waals surface area contributed by atoms with E-state index >= 15 is 0 Å². The number of ether oxygens (including phenoxy) is 1. The summed E-state index contributed by atoms with van der Waals surface area (Å²) in [5.41, 5.74) is 3.92. The summed E-state index contributed by atoms with van der Waals surface area (Å²) in [6.07, 6.45) is -2.15. The standard InChI is InChI=1S/C29H32ClF3N4O2/c1-18(2)15-36-11-9-19-12-20(5-6-21(19)16-36)24-8-7-22(30)13-26(24)37-10-3-4-23(17-37)39-28(38)25-14-34-35-27(25)29(31,32)33/h5-8,12-14,18,23H,3-4,9-11,15-17H2,1-2H3,(H,34,35). The van der Waals surface area contributed by atoms with Gasteiger partial charge in [0, 0.05) is 42.5 Å². The molecule has 39 heavy (non-hydrogen) atoms. The third-order valence-electron chi connectivity index (χ3n) is 7.33. The molecular weight excluding hydrogens is 529 g/mol. The number of H-pyrrole nitrogens is 1. The number of nitrogens with one attached hydrogen (secondary N) is 1. The quantitative estimate of drug-likeness (QED) is 0.345. The molecule has 1 atom stereocenters. The second-order valence-corrected chi connectivity index (χ2v) is 11.2. The molecular formula is C29H32ClF3N4O2. The summed E-state index contributed by atoms with van der Waals surface area (Å²) in [6.45, 7) is 8.62. The molecule has 1 saturated heterocycles. The number of nitrogens with zero attached hydrogens (tertiary/aromatic N) is 3. The fraction of sp³-hybridized carbons (Fsp3) is 0.448. The Morgan fingerprint density at radius 3 is 2.77 bits per heavy atom. The zero-order chi connectivity index (χ0) is 27.7. The number of piperidine rings is 1. The van der Waals surface area contributed by atoms with Gasteiger partial charge >= 0.3 is 12.1 Å². The van der Waals surface area contributed by atoms with Gasteiger partial charge in [-0.2, -0.15) is 18.3 Å². The first kappa shape index (κ1) is 27.5. The number of aromatic amines is 1. The lowest BCUT2D eigenvalue weighted by Gasteiger charge is -2.35. The normalized spacial score (nSPS) is 18.3. The lowest BCUT2D eigenvalue weighted by atomic mass is 9.93. The Bertz CT molecular complexity index is 1340. The fourth-order valence-electron chi connectivity index (χ4n) is 5.59. The first-order valence-corrected chi connectivity index (χ1v) is 13.7. The van der Waals surface area contributed by atoms with Gasteiger partial charge in [-0.05, 0) is 54.0 Å². The molecule has 1 fully saturated rings. The minimum absolute atomic E-state index is 0.355. The van der Waals surface area contributed by atoms with Crippen LogP contribution in [0, 0.1) is 5.92 Å². The Balaban J connectivity index is 1.35. The van der Waals surface area contributed by atoms with Gasteiger partial charge in [0.1, 0.15) is 11.7 Å². The van der Waals surface area contributed by atoms with E-state index in [1.165, 1.54) is 11.1 Å². The maximum atomic E-state index is 13.2. The average Bonchev–Trinajstić information content (AvgIpc) is 3.39. The topological polar surface area (TPSA) is 61.5 Å². The maximum Gasteiger partial charge on any atom is 0.433 e. The van der Waals surface area contributed by atoms with Crippen LogP contribution in [0.5, 0.6) is 0 Å². The van der Waals surface area contributed by atoms with E-state index in [2.05, 4.69) is 46.9 Å². The van der Waals surface area contributed by atoms with Crippen molar-refractivity contribution < 1.29 is 22.7 Å². The number of benzene rings is 2. The van der Waals surface area contributed by atoms with Crippen LogP contribution in [-0.4, -0.2) is 53.3 Å². The van der Waals surface area contributed by atoms with E-state index in [0.29, 0.717) is 23.9 Å². The molecule has 2 aliphatic rings. The first-order chi connectivity index (χ1) is 18.6. The van der Waals surface area contributed by atoms with Gasteiger partial charge in [0.2, 0.25) is 0 Å². The van der Waals surface area contributed by atoms with Crippen LogP contribution in [0.2, 0.25) is 5.02 Å². The SMILES string of the molecule is CC(C)CN1CCc2cc(-c3ccc(Cl)cc3N3CCCC(OC(=O)c4cn[nH]c4C(F)(F)F)C3)ccc2C1. The lowest BCUT2D eigenvalue weighted by Crippen LogP contribution is -2.41. The highest BCUT2D eigenvalue weighted by Crippen LogP contribution is 2.37. The Kier molecular flexibility index (Phi) is 7.91. The number of rotatable bonds is 6. The molecule has 0 radical (unpaired) electrons. The average molecular weight is 561 g/mol. The highest BCUT2D eigenvalue weighted by atomic mass is 35.5. The molecule has 1 N–H and O–H groups in total. The third-order valence-corrected chi connectivity index (χ3v) is 7.56. The molecule has 2 aromatic carbocycles. The van der Waals surface area contributed by atoms with Crippen molar-refractivity contribution in [2.75, 3.05) is 31.1 Å². The summed E-state index contributed by atoms with van der Waals surface area (Å²) in [5.74, 6) is -0.406. The smallest absolute Gasteiger partial charge is 0.433 e. The summed E-state index contributed by atoms with van der Waals surface area (Å²) >= 11 is 6.41. The number of carbonyl (C=O) groups is 1. The monoisotopic (exact) mass is 560 g/mol. The van der Waals surface area contributed by atoms with Crippen LogP contribution in [0.1, 0.15) is 53.9 Å². The van der Waals surface area contributed by atoms with Crippen molar-refractivity contribution in [2.24, 2.45) is 5.92 Å². The van der Waals surface area contributed by atoms with Crippen molar-refractivity contribution in [1.29, 1.82) is 0 Å². The summed E-state index contributed by atoms with van der Waals surface area (Å²) < 4.78 is 45.2. The molecule has 1 unspecified atom stereocenters. The minimum Gasteiger partial charge on any atom is -0.457 e. The van der Waals surface area contributed by atoms with Gasteiger partial charge in [0.15, 0.2) is 5.69 Å². The second kappa shape index (κ2) is 11.2. The van der Waals surface area contributed by atoms with Crippen LogP contribution in [0.4, 0.5) is 18.9 Å². The Morgan fingerprint density at radius 2 is 2.00 bits per heavy atom. The number of esters is 1. The van der Waals surface area contributed by atoms with Crippen molar-refractivity contribution in [3.63, 3.8) is 0 Å². The van der Waals surface area contributed by atoms with E-state index in [1.807, 2.05) is 23.3 Å². The number of carbonyl (C=O) groups excluding carboxylic acids is 1. The van der Waals surface area contributed by atoms with E-state index in [0.717, 1.165) is 62.0 Å². The van der Waals surface area contributed by atoms with Crippen LogP contribution in [-0.2, 0) is 23.9 Å². The van der Waals surface area contributed by atoms with E-state index in [4.69, 9.17) is 16.3 Å². The predicted molar refractivity (Wildman–Crippen MR) is 145 cm³/mol. The molecule has 3 heterocycles. The van der Waals surface area contributed by atoms with Gasteiger partial charge < -0.3 is 9.64 Å². The van der Waals surface area contributed by atoms with Crippen LogP contribution in [0.15, 0.2) is 42.6 Å². The Hall–Kier alpha value is -3.04. The summed E-state index contributed by atoms with van der Waals surface area (Å²) in [7, 11) is 0. The zero-order valence-electron chi connectivity index (χ0n) is 22.0. The van der Waals surface area contributed by atoms with Crippen molar-refractivity contribution in [3.05, 3.63) is 70.0 Å². The number of hydrogen-bond donors (Lipinski definition) is 1. The molecule has 208 valence electrons. The molecule has 0 saturated carbocycles. The Morgan fingerprint density at radius 1 is 1.18 bits per heavy atom. The highest BCUT2D eigenvalue weighted by Gasteiger charge is 2.39. The van der Waals surface area contributed by atoms with Crippen LogP contribution >= 0.6 is 11.6 Å². The molecule has 6 nitrogen and oxygen atoms in total. The molecule has 2 aliphatic heterocycles. The third kappa shape index (κ3) is 6.25. The molecule has 1 aromatic heterocycles. The van der Waals surface area contributed by atoms with Crippen LogP contribution in [0.25, 0.3) is 11.1 Å². The van der Waals surface area contributed by atoms with Gasteiger partial charge in [-0.1, -0.05) is 49.7 Å². The van der Waals surface area contributed by atoms with Gasteiger partial charge in [0.05, 0.1) is 12.7 Å². The van der Waals surface area contributed by atoms with Crippen molar-refractivity contribution in [2.45, 2.75) is 51.9 Å². The maximum absolute atomic E-state index is 13.2. The van der Waals surface area contributed by atoms with E-state index in [1.54, 1.807) is 0 Å². The molecule has 0 spiro atoms. The number of aromatic nitrogens is 2. The Labute approximate surface area is 231 Å².